The van der Waals surface area contributed by atoms with E-state index in [1.165, 1.54) is 0 Å². The van der Waals surface area contributed by atoms with Crippen molar-refractivity contribution in [3.63, 3.8) is 0 Å². The summed E-state index contributed by atoms with van der Waals surface area (Å²) in [6.45, 7) is 1.95. The van der Waals surface area contributed by atoms with E-state index in [1.54, 1.807) is 23.1 Å². The molecular weight excluding hydrogens is 318 g/mol. The molecule has 1 saturated heterocycles. The van der Waals surface area contributed by atoms with Crippen LogP contribution in [0.1, 0.15) is 27.9 Å². The van der Waals surface area contributed by atoms with Gasteiger partial charge in [-0.05, 0) is 29.7 Å². The van der Waals surface area contributed by atoms with Crippen molar-refractivity contribution in [3.8, 4) is 0 Å². The molecule has 1 fully saturated rings. The lowest BCUT2D eigenvalue weighted by Crippen LogP contribution is -2.35. The maximum atomic E-state index is 12.9. The maximum Gasteiger partial charge on any atom is 0.335 e. The molecule has 0 bridgehead atoms. The van der Waals surface area contributed by atoms with E-state index in [2.05, 4.69) is 0 Å². The first-order valence-electron chi connectivity index (χ1n) is 8.36. The number of benzene rings is 2. The van der Waals surface area contributed by atoms with Crippen LogP contribution in [0, 0.1) is 5.92 Å². The topological polar surface area (TPSA) is 66.8 Å². The van der Waals surface area contributed by atoms with Crippen LogP contribution in [0.15, 0.2) is 54.6 Å². The zero-order valence-corrected chi connectivity index (χ0v) is 13.9. The van der Waals surface area contributed by atoms with Gasteiger partial charge >= 0.3 is 5.97 Å². The van der Waals surface area contributed by atoms with Gasteiger partial charge in [0.2, 0.25) is 5.91 Å². The first-order valence-corrected chi connectivity index (χ1v) is 8.36. The molecule has 0 spiro atoms. The largest absolute Gasteiger partial charge is 0.478 e. The summed E-state index contributed by atoms with van der Waals surface area (Å²) < 4.78 is 5.35. The standard InChI is InChI=1S/C20H21NO4/c22-19(18-9-10-25-14-18)21(12-15-5-2-1-3-6-15)13-16-7-4-8-17(11-16)20(23)24/h1-8,11,18H,9-10,12-14H2,(H,23,24). The van der Waals surface area contributed by atoms with E-state index in [4.69, 9.17) is 9.84 Å². The molecule has 25 heavy (non-hydrogen) atoms. The Morgan fingerprint density at radius 2 is 1.76 bits per heavy atom. The molecule has 130 valence electrons. The van der Waals surface area contributed by atoms with Crippen molar-refractivity contribution in [1.29, 1.82) is 0 Å². The molecule has 1 N–H and O–H groups in total. The summed E-state index contributed by atoms with van der Waals surface area (Å²) in [5.74, 6) is -1.03. The number of hydrogen-bond donors (Lipinski definition) is 1. The van der Waals surface area contributed by atoms with E-state index in [0.717, 1.165) is 17.5 Å². The third-order valence-corrected chi connectivity index (χ3v) is 4.35. The normalized spacial score (nSPS) is 16.6. The minimum atomic E-state index is -0.966. The first-order chi connectivity index (χ1) is 12.1. The lowest BCUT2D eigenvalue weighted by molar-refractivity contribution is -0.136. The second kappa shape index (κ2) is 7.94. The van der Waals surface area contributed by atoms with Crippen LogP contribution >= 0.6 is 0 Å². The molecule has 1 unspecified atom stereocenters. The fraction of sp³-hybridized carbons (Fsp3) is 0.300. The zero-order valence-electron chi connectivity index (χ0n) is 13.9. The van der Waals surface area contributed by atoms with Crippen molar-refractivity contribution in [2.75, 3.05) is 13.2 Å². The van der Waals surface area contributed by atoms with Crippen LogP contribution in [0.4, 0.5) is 0 Å². The predicted molar refractivity (Wildman–Crippen MR) is 93.0 cm³/mol. The van der Waals surface area contributed by atoms with Gasteiger partial charge in [0.25, 0.3) is 0 Å². The summed E-state index contributed by atoms with van der Waals surface area (Å²) in [4.78, 5) is 25.9. The predicted octanol–water partition coefficient (Wildman–Crippen LogP) is 2.95. The number of ether oxygens (including phenoxy) is 1. The van der Waals surface area contributed by atoms with Crippen molar-refractivity contribution in [1.82, 2.24) is 4.90 Å². The number of hydrogen-bond acceptors (Lipinski definition) is 3. The summed E-state index contributed by atoms with van der Waals surface area (Å²) in [6.07, 6.45) is 0.735. The van der Waals surface area contributed by atoms with Crippen LogP contribution < -0.4 is 0 Å². The third kappa shape index (κ3) is 4.45. The Balaban J connectivity index is 1.81. The molecule has 0 saturated carbocycles. The van der Waals surface area contributed by atoms with Crippen molar-refractivity contribution in [2.45, 2.75) is 19.5 Å². The van der Waals surface area contributed by atoms with Gasteiger partial charge in [0.15, 0.2) is 0 Å². The van der Waals surface area contributed by atoms with Crippen LogP contribution in [-0.2, 0) is 22.6 Å². The second-order valence-electron chi connectivity index (χ2n) is 6.25. The molecule has 1 aliphatic heterocycles. The molecule has 0 radical (unpaired) electrons. The van der Waals surface area contributed by atoms with Gasteiger partial charge in [0.05, 0.1) is 18.1 Å². The van der Waals surface area contributed by atoms with Crippen LogP contribution in [-0.4, -0.2) is 35.1 Å². The minimum absolute atomic E-state index is 0.0575. The van der Waals surface area contributed by atoms with Crippen LogP contribution in [0.2, 0.25) is 0 Å². The lowest BCUT2D eigenvalue weighted by atomic mass is 10.0. The molecule has 1 atom stereocenters. The molecule has 2 aromatic carbocycles. The SMILES string of the molecule is O=C(O)c1cccc(CN(Cc2ccccc2)C(=O)C2CCOC2)c1. The van der Waals surface area contributed by atoms with Gasteiger partial charge in [-0.3, -0.25) is 4.79 Å². The number of aromatic carboxylic acids is 1. The summed E-state index contributed by atoms with van der Waals surface area (Å²) in [5, 5.41) is 9.16. The Labute approximate surface area is 146 Å². The minimum Gasteiger partial charge on any atom is -0.478 e. The molecule has 5 nitrogen and oxygen atoms in total. The number of nitrogens with zero attached hydrogens (tertiary/aromatic N) is 1. The quantitative estimate of drug-likeness (QED) is 0.879. The molecule has 3 rings (SSSR count). The van der Waals surface area contributed by atoms with Gasteiger partial charge in [-0.15, -0.1) is 0 Å². The van der Waals surface area contributed by atoms with Crippen LogP contribution in [0.5, 0.6) is 0 Å². The third-order valence-electron chi connectivity index (χ3n) is 4.35. The summed E-state index contributed by atoms with van der Waals surface area (Å²) in [6, 6.07) is 16.5. The number of rotatable bonds is 6. The smallest absolute Gasteiger partial charge is 0.335 e. The highest BCUT2D eigenvalue weighted by Crippen LogP contribution is 2.20. The average Bonchev–Trinajstić information content (AvgIpc) is 3.16. The molecule has 1 heterocycles. The Morgan fingerprint density at radius 1 is 1.04 bits per heavy atom. The molecule has 0 aromatic heterocycles. The van der Waals surface area contributed by atoms with Crippen molar-refractivity contribution >= 4 is 11.9 Å². The number of amides is 1. The monoisotopic (exact) mass is 339 g/mol. The number of carbonyl (C=O) groups excluding carboxylic acids is 1. The van der Waals surface area contributed by atoms with Gasteiger partial charge < -0.3 is 14.7 Å². The highest BCUT2D eigenvalue weighted by molar-refractivity contribution is 5.87. The highest BCUT2D eigenvalue weighted by Gasteiger charge is 2.28. The number of carboxylic acids is 1. The van der Waals surface area contributed by atoms with Crippen LogP contribution in [0.3, 0.4) is 0 Å². The van der Waals surface area contributed by atoms with E-state index >= 15 is 0 Å². The summed E-state index contributed by atoms with van der Waals surface area (Å²) >= 11 is 0. The van der Waals surface area contributed by atoms with E-state index in [-0.39, 0.29) is 17.4 Å². The van der Waals surface area contributed by atoms with Crippen molar-refractivity contribution < 1.29 is 19.4 Å². The maximum absolute atomic E-state index is 12.9. The van der Waals surface area contributed by atoms with E-state index in [1.807, 2.05) is 36.4 Å². The zero-order chi connectivity index (χ0) is 17.6. The van der Waals surface area contributed by atoms with Gasteiger partial charge in [-0.1, -0.05) is 42.5 Å². The second-order valence-corrected chi connectivity index (χ2v) is 6.25. The average molecular weight is 339 g/mol. The highest BCUT2D eigenvalue weighted by atomic mass is 16.5. The van der Waals surface area contributed by atoms with Crippen LogP contribution in [0.25, 0.3) is 0 Å². The van der Waals surface area contributed by atoms with Gasteiger partial charge in [0.1, 0.15) is 0 Å². The Kier molecular flexibility index (Phi) is 5.46. The molecule has 5 heteroatoms. The lowest BCUT2D eigenvalue weighted by Gasteiger charge is -2.25. The molecular formula is C20H21NO4. The van der Waals surface area contributed by atoms with E-state index < -0.39 is 5.97 Å². The first kappa shape index (κ1) is 17.2. The summed E-state index contributed by atoms with van der Waals surface area (Å²) in [5.41, 5.74) is 2.08. The van der Waals surface area contributed by atoms with Crippen molar-refractivity contribution in [3.05, 3.63) is 71.3 Å². The van der Waals surface area contributed by atoms with Gasteiger partial charge in [-0.25, -0.2) is 4.79 Å². The molecule has 1 amide bonds. The molecule has 1 aliphatic rings. The Morgan fingerprint density at radius 3 is 2.44 bits per heavy atom. The number of carbonyl (C=O) groups is 2. The van der Waals surface area contributed by atoms with Gasteiger partial charge in [0, 0.05) is 19.7 Å². The Bertz CT molecular complexity index is 738. The molecule has 0 aliphatic carbocycles. The van der Waals surface area contributed by atoms with E-state index in [9.17, 15) is 9.59 Å². The fourth-order valence-corrected chi connectivity index (χ4v) is 3.03. The Hall–Kier alpha value is -2.66. The van der Waals surface area contributed by atoms with E-state index in [0.29, 0.717) is 26.3 Å². The summed E-state index contributed by atoms with van der Waals surface area (Å²) in [7, 11) is 0. The van der Waals surface area contributed by atoms with Gasteiger partial charge in [-0.2, -0.15) is 0 Å². The number of carboxylic acid groups (broad SMARTS) is 1. The molecule has 2 aromatic rings. The van der Waals surface area contributed by atoms with Crippen molar-refractivity contribution in [2.24, 2.45) is 5.92 Å². The fourth-order valence-electron chi connectivity index (χ4n) is 3.03.